The molecule has 10 heterocycles. The lowest BCUT2D eigenvalue weighted by Gasteiger charge is -2.25. The highest BCUT2D eigenvalue weighted by molar-refractivity contribution is 6.10. The second-order valence-corrected chi connectivity index (χ2v) is 31.4. The van der Waals surface area contributed by atoms with Crippen LogP contribution in [0.2, 0.25) is 0 Å². The maximum atomic E-state index is 10.1. The van der Waals surface area contributed by atoms with Gasteiger partial charge in [0.15, 0.2) is 0 Å². The second kappa shape index (κ2) is 30.1. The summed E-state index contributed by atoms with van der Waals surface area (Å²) in [5.74, 6) is 3.84. The van der Waals surface area contributed by atoms with Gasteiger partial charge in [0, 0.05) is 33.5 Å². The van der Waals surface area contributed by atoms with Gasteiger partial charge in [0.25, 0.3) is 0 Å². The van der Waals surface area contributed by atoms with Gasteiger partial charge < -0.3 is 9.47 Å². The second-order valence-electron chi connectivity index (χ2n) is 31.4. The SMILES string of the molecule is [C-]#[N+]c1cc2c(cc1C#N)n1c3ccccc3nc1n(-c1ccc(N(c3ccccc3)c3ccccc3)cc1)c1nc3ccccc3n21.[C-]#[N+]c1cc2c(cc1C#N)n1c3ccccc3nc1n(-c1cccc(-n3c4ccccc4c4ccccc43)c1)c1nc3ccccc3n21.[C-]#[N+]c1cc2c(cc1C#N)n1c3ccccc3nc1n(-c1ccccc1)c1nc3ccccc3n21. The van der Waals surface area contributed by atoms with Crippen LogP contribution in [0.15, 0.2) is 370 Å². The van der Waals surface area contributed by atoms with Crippen molar-refractivity contribution < 1.29 is 0 Å². The Labute approximate surface area is 742 Å². The molecule has 0 saturated carbocycles. The van der Waals surface area contributed by atoms with E-state index in [-0.39, 0.29) is 11.4 Å². The van der Waals surface area contributed by atoms with Crippen molar-refractivity contribution >= 4 is 190 Å². The monoisotopic (exact) mass is 1680 g/mol. The van der Waals surface area contributed by atoms with Crippen molar-refractivity contribution in [2.45, 2.75) is 0 Å². The lowest BCUT2D eigenvalue weighted by atomic mass is 10.1. The summed E-state index contributed by atoms with van der Waals surface area (Å²) in [6, 6.07) is 130. The van der Waals surface area contributed by atoms with E-state index in [0.717, 1.165) is 150 Å². The highest BCUT2D eigenvalue weighted by Crippen LogP contribution is 2.42. The van der Waals surface area contributed by atoms with Gasteiger partial charge >= 0.3 is 0 Å². The number of nitrogens with zero attached hydrogens (tertiary/aromatic N) is 23. The molecule has 26 aromatic rings. The predicted molar refractivity (Wildman–Crippen MR) is 516 cm³/mol. The zero-order chi connectivity index (χ0) is 87.6. The van der Waals surface area contributed by atoms with Crippen LogP contribution in [0.25, 0.3) is 193 Å². The van der Waals surface area contributed by atoms with Gasteiger partial charge in [0.05, 0.1) is 182 Å². The van der Waals surface area contributed by atoms with Crippen molar-refractivity contribution in [3.8, 4) is 41.0 Å². The number of fused-ring (bicyclic) bond motifs is 30. The predicted octanol–water partition coefficient (Wildman–Crippen LogP) is 25.2. The Morgan fingerprint density at radius 1 is 0.214 bits per heavy atom. The molecule has 23 nitrogen and oxygen atoms in total. The fourth-order valence-electron chi connectivity index (χ4n) is 18.6. The average Bonchev–Trinajstić information content (AvgIpc) is 1.57. The molecule has 0 saturated heterocycles. The molecule has 0 aliphatic heterocycles. The smallest absolute Gasteiger partial charge is 0.223 e. The summed E-state index contributed by atoms with van der Waals surface area (Å²) in [4.78, 5) is 44.2. The minimum Gasteiger partial charge on any atom is -0.311 e. The summed E-state index contributed by atoms with van der Waals surface area (Å²) in [6.07, 6.45) is 0. The normalized spacial score (nSPS) is 11.5. The maximum Gasteiger partial charge on any atom is 0.223 e. The molecule has 0 N–H and O–H groups in total. The standard InChI is InChI=1S/C40H22N8.C40H24N8.C28H15N7/c1-42-32-23-38-37(21-25(32)24-41)47-35-19-8-4-15-30(35)43-39(47)46(40-44-31-16-5-9-20-36(31)48(38)40)27-12-10-11-26(22-27)45-33-17-6-2-13-28(33)29-14-3-7-18-34(29)45;1-42-34-25-38-37(24-27(34)26-41)47-35-18-10-8-16-32(35)43-39(47)46(40-44-33-17-9-11-19-36(33)48(38)40)31-22-20-30(21-23-31)45(28-12-4-2-5-13-28)29-14-6-3-7-15-29;1-30-22-16-26-25(15-18(22)17-29)34-23-13-7-5-11-20(23)31-27(34)33(19-9-3-2-4-10-19)28-32-21-12-6-8-14-24(21)35(26)28/h2-23H;2-25H;2-16H. The molecule has 26 rings (SSSR count). The summed E-state index contributed by atoms with van der Waals surface area (Å²) in [5, 5.41) is 32.4. The first-order valence-electron chi connectivity index (χ1n) is 42.0. The molecule has 0 aliphatic rings. The lowest BCUT2D eigenvalue weighted by Crippen LogP contribution is -2.10. The molecule has 0 aliphatic carbocycles. The fourth-order valence-corrected chi connectivity index (χ4v) is 18.6. The number of imidazole rings is 6. The summed E-state index contributed by atoms with van der Waals surface area (Å²) >= 11 is 0. The molecule has 0 atom stereocenters. The summed E-state index contributed by atoms with van der Waals surface area (Å²) in [5.41, 5.74) is 25.5. The van der Waals surface area contributed by atoms with Crippen molar-refractivity contribution in [1.29, 1.82) is 15.8 Å². The van der Waals surface area contributed by atoms with Gasteiger partial charge in [-0.3, -0.25) is 26.4 Å². The highest BCUT2D eigenvalue weighted by Gasteiger charge is 2.27. The first kappa shape index (κ1) is 75.1. The number of nitriles is 3. The van der Waals surface area contributed by atoms with Crippen LogP contribution in [0.5, 0.6) is 0 Å². The van der Waals surface area contributed by atoms with Crippen molar-refractivity contribution in [2.75, 3.05) is 4.90 Å². The first-order chi connectivity index (χ1) is 64.7. The van der Waals surface area contributed by atoms with Crippen LogP contribution in [0, 0.1) is 53.7 Å². The van der Waals surface area contributed by atoms with Crippen LogP contribution >= 0.6 is 0 Å². The quantitative estimate of drug-likeness (QED) is 0.138. The van der Waals surface area contributed by atoms with Crippen molar-refractivity contribution in [2.24, 2.45) is 0 Å². The van der Waals surface area contributed by atoms with Gasteiger partial charge in [-0.15, -0.1) is 0 Å². The van der Waals surface area contributed by atoms with Crippen LogP contribution in [0.4, 0.5) is 34.1 Å². The van der Waals surface area contributed by atoms with E-state index in [1.54, 1.807) is 36.4 Å². The molecule has 131 heavy (non-hydrogen) atoms. The number of anilines is 3. The third kappa shape index (κ3) is 11.7. The summed E-state index contributed by atoms with van der Waals surface area (Å²) < 4.78 is 20.9. The topological polar surface area (TPSA) is 211 Å². The number of hydrogen-bond donors (Lipinski definition) is 0. The van der Waals surface area contributed by atoms with Gasteiger partial charge in [0.2, 0.25) is 51.7 Å². The van der Waals surface area contributed by atoms with E-state index in [2.05, 4.69) is 199 Å². The third-order valence-electron chi connectivity index (χ3n) is 24.2. The Morgan fingerprint density at radius 2 is 0.450 bits per heavy atom. The molecular formula is C108H61N23. The summed E-state index contributed by atoms with van der Waals surface area (Å²) in [6.45, 7) is 23.5. The Balaban J connectivity index is 0.000000110. The molecule has 0 amide bonds. The van der Waals surface area contributed by atoms with Crippen molar-refractivity contribution in [3.05, 3.63) is 421 Å². The maximum absolute atomic E-state index is 10.1. The van der Waals surface area contributed by atoms with E-state index in [0.29, 0.717) is 57.0 Å². The number of aromatic nitrogens is 16. The largest absolute Gasteiger partial charge is 0.311 e. The molecule has 23 heteroatoms. The molecule has 0 unspecified atom stereocenters. The molecule has 0 spiro atoms. The van der Waals surface area contributed by atoms with Crippen LogP contribution in [0.1, 0.15) is 16.7 Å². The van der Waals surface area contributed by atoms with Crippen molar-refractivity contribution in [3.63, 3.8) is 0 Å². The van der Waals surface area contributed by atoms with Gasteiger partial charge in [-0.2, -0.15) is 15.8 Å². The Kier molecular flexibility index (Phi) is 17.2. The average molecular weight is 1680 g/mol. The number of benzene rings is 16. The van der Waals surface area contributed by atoms with E-state index in [4.69, 9.17) is 49.6 Å². The van der Waals surface area contributed by atoms with E-state index in [1.807, 2.05) is 217 Å². The summed E-state index contributed by atoms with van der Waals surface area (Å²) in [7, 11) is 0. The zero-order valence-electron chi connectivity index (χ0n) is 69.0. The van der Waals surface area contributed by atoms with Crippen LogP contribution in [-0.4, -0.2) is 74.6 Å². The fraction of sp³-hybridized carbons (Fsp3) is 0. The van der Waals surface area contributed by atoms with E-state index < -0.39 is 0 Å². The Bertz CT molecular complexity index is 9240. The number of para-hydroxylation sites is 17. The van der Waals surface area contributed by atoms with E-state index >= 15 is 0 Å². The number of hydrogen-bond acceptors (Lipinski definition) is 10. The minimum atomic E-state index is 0.283. The van der Waals surface area contributed by atoms with Crippen molar-refractivity contribution in [1.82, 2.24) is 74.6 Å². The van der Waals surface area contributed by atoms with E-state index in [1.165, 1.54) is 10.8 Å². The minimum absolute atomic E-state index is 0.283. The zero-order valence-corrected chi connectivity index (χ0v) is 69.0. The molecule has 16 aromatic carbocycles. The molecular weight excluding hydrogens is 1620 g/mol. The number of rotatable bonds is 7. The van der Waals surface area contributed by atoms with Gasteiger partial charge in [0.1, 0.15) is 0 Å². The molecule has 608 valence electrons. The van der Waals surface area contributed by atoms with E-state index in [9.17, 15) is 15.8 Å². The molecule has 0 radical (unpaired) electrons. The third-order valence-corrected chi connectivity index (χ3v) is 24.2. The van der Waals surface area contributed by atoms with Gasteiger partial charge in [-0.25, -0.2) is 58.1 Å². The van der Waals surface area contributed by atoms with Crippen LogP contribution in [-0.2, 0) is 0 Å². The van der Waals surface area contributed by atoms with Crippen LogP contribution < -0.4 is 4.90 Å². The first-order valence-corrected chi connectivity index (χ1v) is 42.0. The Hall–Kier alpha value is -19.7. The lowest BCUT2D eigenvalue weighted by molar-refractivity contribution is 1.02. The van der Waals surface area contributed by atoms with Gasteiger partial charge in [-0.05, 0) is 200 Å². The molecule has 0 fully saturated rings. The molecule has 10 aromatic heterocycles. The highest BCUT2D eigenvalue weighted by atomic mass is 15.3. The molecule has 0 bridgehead atoms. The van der Waals surface area contributed by atoms with Gasteiger partial charge in [-0.1, -0.05) is 170 Å². The van der Waals surface area contributed by atoms with Crippen LogP contribution in [0.3, 0.4) is 0 Å². The Morgan fingerprint density at radius 3 is 0.756 bits per heavy atom.